The Balaban J connectivity index is 2.02. The highest BCUT2D eigenvalue weighted by atomic mass is 35.5. The zero-order chi connectivity index (χ0) is 21.0. The molecular formula is C20H21ClN4O2S2. The van der Waals surface area contributed by atoms with Gasteiger partial charge >= 0.3 is 0 Å². The lowest BCUT2D eigenvalue weighted by Crippen LogP contribution is -2.49. The summed E-state index contributed by atoms with van der Waals surface area (Å²) in [4.78, 5) is 28.9. The molecule has 0 aliphatic rings. The minimum atomic E-state index is -0.792. The van der Waals surface area contributed by atoms with Crippen molar-refractivity contribution in [1.29, 1.82) is 0 Å². The average Bonchev–Trinajstić information content (AvgIpc) is 3.35. The van der Waals surface area contributed by atoms with Crippen LogP contribution in [0.5, 0.6) is 0 Å². The van der Waals surface area contributed by atoms with E-state index in [4.69, 9.17) is 11.6 Å². The first-order valence-corrected chi connectivity index (χ1v) is 11.0. The standard InChI is InChI=1S/C20H21ClN4O2S2/c1-20(2,3)22-18(26)17(16-5-4-10-28-16)25(19(27)15-12-29-24-23-15)11-13-6-8-14(21)9-7-13/h4-10,12,17H,11H2,1-3H3,(H,22,26). The zero-order valence-corrected chi connectivity index (χ0v) is 18.6. The molecule has 152 valence electrons. The van der Waals surface area contributed by atoms with Gasteiger partial charge in [0.05, 0.1) is 0 Å². The summed E-state index contributed by atoms with van der Waals surface area (Å²) in [6.45, 7) is 5.96. The van der Waals surface area contributed by atoms with Gasteiger partial charge in [0.15, 0.2) is 5.69 Å². The highest BCUT2D eigenvalue weighted by Gasteiger charge is 2.35. The lowest BCUT2D eigenvalue weighted by atomic mass is 10.1. The Labute approximate surface area is 182 Å². The smallest absolute Gasteiger partial charge is 0.276 e. The first kappa shape index (κ1) is 21.4. The predicted molar refractivity (Wildman–Crippen MR) is 116 cm³/mol. The van der Waals surface area contributed by atoms with E-state index in [1.165, 1.54) is 16.2 Å². The van der Waals surface area contributed by atoms with E-state index in [1.54, 1.807) is 17.5 Å². The number of thiophene rings is 1. The van der Waals surface area contributed by atoms with Gasteiger partial charge < -0.3 is 10.2 Å². The topological polar surface area (TPSA) is 75.2 Å². The van der Waals surface area contributed by atoms with Gasteiger partial charge in [0.1, 0.15) is 6.04 Å². The van der Waals surface area contributed by atoms with Crippen molar-refractivity contribution in [2.75, 3.05) is 0 Å². The number of rotatable bonds is 6. The van der Waals surface area contributed by atoms with Crippen molar-refractivity contribution in [2.24, 2.45) is 0 Å². The number of hydrogen-bond acceptors (Lipinski definition) is 6. The van der Waals surface area contributed by atoms with Gasteiger partial charge in [-0.3, -0.25) is 9.59 Å². The summed E-state index contributed by atoms with van der Waals surface area (Å²) in [7, 11) is 0. The molecule has 2 aromatic heterocycles. The van der Waals surface area contributed by atoms with E-state index in [0.717, 1.165) is 22.0 Å². The van der Waals surface area contributed by atoms with E-state index >= 15 is 0 Å². The van der Waals surface area contributed by atoms with Crippen LogP contribution < -0.4 is 5.32 Å². The lowest BCUT2D eigenvalue weighted by Gasteiger charge is -2.32. The van der Waals surface area contributed by atoms with E-state index in [2.05, 4.69) is 14.9 Å². The van der Waals surface area contributed by atoms with Gasteiger partial charge in [-0.1, -0.05) is 34.3 Å². The molecule has 9 heteroatoms. The fraction of sp³-hybridized carbons (Fsp3) is 0.300. The Morgan fingerprint density at radius 1 is 1.21 bits per heavy atom. The van der Waals surface area contributed by atoms with Crippen molar-refractivity contribution < 1.29 is 9.59 Å². The van der Waals surface area contributed by atoms with E-state index in [0.29, 0.717) is 5.02 Å². The van der Waals surface area contributed by atoms with Gasteiger partial charge in [-0.15, -0.1) is 16.4 Å². The van der Waals surface area contributed by atoms with Gasteiger partial charge in [-0.2, -0.15) is 0 Å². The van der Waals surface area contributed by atoms with Gasteiger partial charge in [-0.25, -0.2) is 0 Å². The number of benzene rings is 1. The zero-order valence-electron chi connectivity index (χ0n) is 16.3. The number of amides is 2. The van der Waals surface area contributed by atoms with Gasteiger partial charge in [-0.05, 0) is 61.4 Å². The van der Waals surface area contributed by atoms with Gasteiger partial charge in [0.25, 0.3) is 5.91 Å². The van der Waals surface area contributed by atoms with Crippen LogP contribution in [0.2, 0.25) is 5.02 Å². The highest BCUT2D eigenvalue weighted by molar-refractivity contribution is 7.10. The van der Waals surface area contributed by atoms with Crippen LogP contribution in [0.3, 0.4) is 0 Å². The van der Waals surface area contributed by atoms with Crippen LogP contribution in [0, 0.1) is 0 Å². The normalized spacial score (nSPS) is 12.4. The fourth-order valence-electron chi connectivity index (χ4n) is 2.78. The monoisotopic (exact) mass is 448 g/mol. The minimum Gasteiger partial charge on any atom is -0.349 e. The number of carbonyl (C=O) groups is 2. The Hall–Kier alpha value is -2.29. The van der Waals surface area contributed by atoms with Crippen molar-refractivity contribution >= 4 is 46.3 Å². The molecule has 0 saturated heterocycles. The molecular weight excluding hydrogens is 428 g/mol. The largest absolute Gasteiger partial charge is 0.349 e. The number of halogens is 1. The van der Waals surface area contributed by atoms with Crippen LogP contribution in [0.4, 0.5) is 0 Å². The van der Waals surface area contributed by atoms with Crippen LogP contribution >= 0.6 is 34.5 Å². The summed E-state index contributed by atoms with van der Waals surface area (Å²) in [5.74, 6) is -0.596. The fourth-order valence-corrected chi connectivity index (χ4v) is 4.17. The summed E-state index contributed by atoms with van der Waals surface area (Å²) in [5, 5.41) is 11.0. The second-order valence-electron chi connectivity index (χ2n) is 7.51. The molecule has 0 radical (unpaired) electrons. The van der Waals surface area contributed by atoms with Crippen LogP contribution in [-0.2, 0) is 11.3 Å². The first-order chi connectivity index (χ1) is 13.7. The number of nitrogens with zero attached hydrogens (tertiary/aromatic N) is 3. The van der Waals surface area contributed by atoms with Crippen molar-refractivity contribution in [3.05, 3.63) is 68.3 Å². The molecule has 1 N–H and O–H groups in total. The SMILES string of the molecule is CC(C)(C)NC(=O)C(c1cccs1)N(Cc1ccc(Cl)cc1)C(=O)c1csnn1. The summed E-state index contributed by atoms with van der Waals surface area (Å²) < 4.78 is 3.80. The summed E-state index contributed by atoms with van der Waals surface area (Å²) in [6.07, 6.45) is 0. The Morgan fingerprint density at radius 2 is 1.93 bits per heavy atom. The number of aromatic nitrogens is 2. The second-order valence-corrected chi connectivity index (χ2v) is 9.53. The molecule has 0 bridgehead atoms. The quantitative estimate of drug-likeness (QED) is 0.600. The third-order valence-electron chi connectivity index (χ3n) is 3.98. The molecule has 3 rings (SSSR count). The molecule has 0 aliphatic carbocycles. The molecule has 0 aliphatic heterocycles. The molecule has 29 heavy (non-hydrogen) atoms. The van der Waals surface area contributed by atoms with Gasteiger partial charge in [0, 0.05) is 27.4 Å². The average molecular weight is 449 g/mol. The molecule has 3 aromatic rings. The van der Waals surface area contributed by atoms with E-state index in [-0.39, 0.29) is 24.1 Å². The summed E-state index contributed by atoms with van der Waals surface area (Å²) in [6, 6.07) is 10.1. The molecule has 0 spiro atoms. The van der Waals surface area contributed by atoms with Crippen LogP contribution in [-0.4, -0.2) is 31.8 Å². The lowest BCUT2D eigenvalue weighted by molar-refractivity contribution is -0.127. The van der Waals surface area contributed by atoms with E-state index in [9.17, 15) is 9.59 Å². The summed E-state index contributed by atoms with van der Waals surface area (Å²) >= 11 is 8.53. The molecule has 1 atom stereocenters. The maximum atomic E-state index is 13.3. The molecule has 1 aromatic carbocycles. The van der Waals surface area contributed by atoms with Gasteiger partial charge in [0.2, 0.25) is 5.91 Å². The predicted octanol–water partition coefficient (Wildman–Crippen LogP) is 4.55. The maximum Gasteiger partial charge on any atom is 0.276 e. The van der Waals surface area contributed by atoms with Crippen molar-refractivity contribution in [3.8, 4) is 0 Å². The Kier molecular flexibility index (Phi) is 6.66. The Bertz CT molecular complexity index is 952. The van der Waals surface area contributed by atoms with Crippen molar-refractivity contribution in [3.63, 3.8) is 0 Å². The summed E-state index contributed by atoms with van der Waals surface area (Å²) in [5.41, 5.74) is 0.633. The number of nitrogens with one attached hydrogen (secondary N) is 1. The third kappa shape index (κ3) is 5.62. The molecule has 0 saturated carbocycles. The molecule has 2 heterocycles. The highest BCUT2D eigenvalue weighted by Crippen LogP contribution is 2.29. The molecule has 2 amide bonds. The van der Waals surface area contributed by atoms with Crippen LogP contribution in [0.25, 0.3) is 0 Å². The molecule has 1 unspecified atom stereocenters. The van der Waals surface area contributed by atoms with E-state index < -0.39 is 11.6 Å². The van der Waals surface area contributed by atoms with Crippen LogP contribution in [0.15, 0.2) is 47.2 Å². The third-order valence-corrected chi connectivity index (χ3v) is 5.66. The number of hydrogen-bond donors (Lipinski definition) is 1. The molecule has 0 fully saturated rings. The van der Waals surface area contributed by atoms with Crippen molar-refractivity contribution in [1.82, 2.24) is 19.8 Å². The van der Waals surface area contributed by atoms with E-state index in [1.807, 2.05) is 50.4 Å². The first-order valence-electron chi connectivity index (χ1n) is 8.92. The minimum absolute atomic E-state index is 0.217. The molecule has 6 nitrogen and oxygen atoms in total. The number of carbonyl (C=O) groups excluding carboxylic acids is 2. The Morgan fingerprint density at radius 3 is 2.48 bits per heavy atom. The second kappa shape index (κ2) is 9.02. The van der Waals surface area contributed by atoms with Crippen molar-refractivity contribution in [2.45, 2.75) is 38.9 Å². The van der Waals surface area contributed by atoms with Crippen LogP contribution in [0.1, 0.15) is 47.7 Å². The maximum absolute atomic E-state index is 13.3.